The molecule has 2 atom stereocenters. The summed E-state index contributed by atoms with van der Waals surface area (Å²) in [5.41, 5.74) is 0.313. The zero-order chi connectivity index (χ0) is 13.1. The van der Waals surface area contributed by atoms with Crippen molar-refractivity contribution in [2.75, 3.05) is 0 Å². The van der Waals surface area contributed by atoms with Crippen LogP contribution < -0.4 is 5.32 Å². The summed E-state index contributed by atoms with van der Waals surface area (Å²) in [6, 6.07) is 7.45. The second kappa shape index (κ2) is 5.31. The minimum atomic E-state index is -0.827. The Hall–Kier alpha value is -1.68. The van der Waals surface area contributed by atoms with E-state index in [-0.39, 0.29) is 12.1 Å². The molecule has 2 aromatic rings. The maximum atomic E-state index is 13.6. The van der Waals surface area contributed by atoms with Crippen LogP contribution in [0.15, 0.2) is 41.0 Å². The number of hydrogen-bond donors (Lipinski definition) is 1. The average molecular weight is 251 g/mol. The van der Waals surface area contributed by atoms with E-state index in [1.165, 1.54) is 6.07 Å². The summed E-state index contributed by atoms with van der Waals surface area (Å²) < 4.78 is 32.0. The largest absolute Gasteiger partial charge is 0.468 e. The molecule has 0 radical (unpaired) electrons. The second-order valence-electron chi connectivity index (χ2n) is 4.27. The van der Waals surface area contributed by atoms with Crippen LogP contribution in [0.25, 0.3) is 0 Å². The molecular formula is C14H15F2NO. The molecule has 0 saturated heterocycles. The molecule has 0 aliphatic rings. The molecule has 0 aliphatic heterocycles. The summed E-state index contributed by atoms with van der Waals surface area (Å²) in [5.74, 6) is -0.866. The molecule has 1 aromatic carbocycles. The van der Waals surface area contributed by atoms with Gasteiger partial charge < -0.3 is 9.73 Å². The molecule has 96 valence electrons. The molecule has 2 nitrogen and oxygen atoms in total. The monoisotopic (exact) mass is 251 g/mol. The lowest BCUT2D eigenvalue weighted by Crippen LogP contribution is -2.23. The van der Waals surface area contributed by atoms with Crippen molar-refractivity contribution in [3.63, 3.8) is 0 Å². The Labute approximate surface area is 105 Å². The Morgan fingerprint density at radius 3 is 2.50 bits per heavy atom. The molecule has 0 fully saturated rings. The van der Waals surface area contributed by atoms with E-state index in [9.17, 15) is 8.78 Å². The van der Waals surface area contributed by atoms with Crippen molar-refractivity contribution in [3.05, 3.63) is 59.6 Å². The Balaban J connectivity index is 2.12. The molecular weight excluding hydrogens is 236 g/mol. The van der Waals surface area contributed by atoms with E-state index in [0.717, 1.165) is 11.8 Å². The summed E-state index contributed by atoms with van der Waals surface area (Å²) in [6.45, 7) is 3.70. The van der Waals surface area contributed by atoms with Gasteiger partial charge in [-0.25, -0.2) is 8.78 Å². The van der Waals surface area contributed by atoms with Gasteiger partial charge in [0.15, 0.2) is 11.6 Å². The lowest BCUT2D eigenvalue weighted by atomic mass is 10.1. The van der Waals surface area contributed by atoms with Gasteiger partial charge in [-0.2, -0.15) is 0 Å². The fourth-order valence-corrected chi connectivity index (χ4v) is 1.94. The topological polar surface area (TPSA) is 25.2 Å². The van der Waals surface area contributed by atoms with Crippen LogP contribution in [0, 0.1) is 11.6 Å². The highest BCUT2D eigenvalue weighted by Crippen LogP contribution is 2.22. The standard InChI is InChI=1S/C14H15F2NO/c1-9(11-5-3-6-12(15)14(11)16)17-10(2)13-7-4-8-18-13/h3-10,17H,1-2H3/t9?,10-/m1/s1. The molecule has 0 amide bonds. The molecule has 0 saturated carbocycles. The molecule has 1 aromatic heterocycles. The summed E-state index contributed by atoms with van der Waals surface area (Å²) in [5, 5.41) is 3.17. The predicted molar refractivity (Wildman–Crippen MR) is 65.0 cm³/mol. The Morgan fingerprint density at radius 2 is 1.83 bits per heavy atom. The van der Waals surface area contributed by atoms with Crippen LogP contribution in [0.3, 0.4) is 0 Å². The molecule has 1 N–H and O–H groups in total. The van der Waals surface area contributed by atoms with Gasteiger partial charge in [0.1, 0.15) is 5.76 Å². The van der Waals surface area contributed by atoms with Gasteiger partial charge in [0.25, 0.3) is 0 Å². The first-order chi connectivity index (χ1) is 8.59. The first-order valence-corrected chi connectivity index (χ1v) is 5.83. The fourth-order valence-electron chi connectivity index (χ4n) is 1.94. The Morgan fingerprint density at radius 1 is 1.06 bits per heavy atom. The molecule has 2 rings (SSSR count). The second-order valence-corrected chi connectivity index (χ2v) is 4.27. The van der Waals surface area contributed by atoms with E-state index in [0.29, 0.717) is 5.56 Å². The van der Waals surface area contributed by atoms with Crippen molar-refractivity contribution in [2.45, 2.75) is 25.9 Å². The third-order valence-corrected chi connectivity index (χ3v) is 2.92. The number of rotatable bonds is 4. The van der Waals surface area contributed by atoms with E-state index in [4.69, 9.17) is 4.42 Å². The molecule has 1 unspecified atom stereocenters. The summed E-state index contributed by atoms with van der Waals surface area (Å²) in [6.07, 6.45) is 1.58. The quantitative estimate of drug-likeness (QED) is 0.889. The van der Waals surface area contributed by atoms with Gasteiger partial charge in [-0.05, 0) is 32.0 Å². The van der Waals surface area contributed by atoms with Crippen molar-refractivity contribution in [3.8, 4) is 0 Å². The minimum Gasteiger partial charge on any atom is -0.468 e. The summed E-state index contributed by atoms with van der Waals surface area (Å²) >= 11 is 0. The molecule has 0 aliphatic carbocycles. The van der Waals surface area contributed by atoms with E-state index < -0.39 is 11.6 Å². The fraction of sp³-hybridized carbons (Fsp3) is 0.286. The lowest BCUT2D eigenvalue weighted by Gasteiger charge is -2.19. The number of benzene rings is 1. The third kappa shape index (κ3) is 2.59. The van der Waals surface area contributed by atoms with Crippen LogP contribution in [-0.2, 0) is 0 Å². The van der Waals surface area contributed by atoms with Crippen molar-refractivity contribution in [2.24, 2.45) is 0 Å². The minimum absolute atomic E-state index is 0.0716. The van der Waals surface area contributed by atoms with Crippen LogP contribution in [0.5, 0.6) is 0 Å². The van der Waals surface area contributed by atoms with Crippen molar-refractivity contribution in [1.29, 1.82) is 0 Å². The van der Waals surface area contributed by atoms with Crippen LogP contribution in [-0.4, -0.2) is 0 Å². The third-order valence-electron chi connectivity index (χ3n) is 2.92. The van der Waals surface area contributed by atoms with Gasteiger partial charge in [-0.1, -0.05) is 12.1 Å². The number of nitrogens with one attached hydrogen (secondary N) is 1. The van der Waals surface area contributed by atoms with Gasteiger partial charge in [0.2, 0.25) is 0 Å². The van der Waals surface area contributed by atoms with Crippen LogP contribution in [0.4, 0.5) is 8.78 Å². The van der Waals surface area contributed by atoms with Gasteiger partial charge in [0.05, 0.1) is 12.3 Å². The van der Waals surface area contributed by atoms with E-state index in [1.807, 2.05) is 13.0 Å². The van der Waals surface area contributed by atoms with E-state index in [1.54, 1.807) is 25.3 Å². The highest BCUT2D eigenvalue weighted by molar-refractivity contribution is 5.22. The van der Waals surface area contributed by atoms with Gasteiger partial charge in [0, 0.05) is 11.6 Å². The highest BCUT2D eigenvalue weighted by atomic mass is 19.2. The molecule has 1 heterocycles. The zero-order valence-electron chi connectivity index (χ0n) is 10.3. The smallest absolute Gasteiger partial charge is 0.163 e. The SMILES string of the molecule is CC(N[C@H](C)c1ccco1)c1cccc(F)c1F. The highest BCUT2D eigenvalue weighted by Gasteiger charge is 2.17. The van der Waals surface area contributed by atoms with Gasteiger partial charge >= 0.3 is 0 Å². The first-order valence-electron chi connectivity index (χ1n) is 5.83. The number of furan rings is 1. The summed E-state index contributed by atoms with van der Waals surface area (Å²) in [7, 11) is 0. The van der Waals surface area contributed by atoms with Crippen molar-refractivity contribution >= 4 is 0 Å². The average Bonchev–Trinajstić information content (AvgIpc) is 2.86. The molecule has 0 spiro atoms. The van der Waals surface area contributed by atoms with Crippen molar-refractivity contribution < 1.29 is 13.2 Å². The van der Waals surface area contributed by atoms with E-state index >= 15 is 0 Å². The van der Waals surface area contributed by atoms with Crippen molar-refractivity contribution in [1.82, 2.24) is 5.32 Å². The van der Waals surface area contributed by atoms with Crippen LogP contribution in [0.1, 0.15) is 37.3 Å². The van der Waals surface area contributed by atoms with Crippen LogP contribution >= 0.6 is 0 Å². The van der Waals surface area contributed by atoms with E-state index in [2.05, 4.69) is 5.32 Å². The predicted octanol–water partition coefficient (Wildman–Crippen LogP) is 3.97. The summed E-state index contributed by atoms with van der Waals surface area (Å²) in [4.78, 5) is 0. The Kier molecular flexibility index (Phi) is 3.77. The number of hydrogen-bond acceptors (Lipinski definition) is 2. The molecule has 0 bridgehead atoms. The van der Waals surface area contributed by atoms with Gasteiger partial charge in [-0.3, -0.25) is 0 Å². The normalized spacial score (nSPS) is 14.4. The van der Waals surface area contributed by atoms with Gasteiger partial charge in [-0.15, -0.1) is 0 Å². The zero-order valence-corrected chi connectivity index (χ0v) is 10.3. The Bertz CT molecular complexity index is 511. The van der Waals surface area contributed by atoms with Crippen LogP contribution in [0.2, 0.25) is 0 Å². The molecule has 4 heteroatoms. The number of halogens is 2. The maximum absolute atomic E-state index is 13.6. The molecule has 18 heavy (non-hydrogen) atoms. The maximum Gasteiger partial charge on any atom is 0.163 e. The lowest BCUT2D eigenvalue weighted by molar-refractivity contribution is 0.393. The first kappa shape index (κ1) is 12.8.